The summed E-state index contributed by atoms with van der Waals surface area (Å²) in [5.74, 6) is 1.000. The molecule has 0 saturated carbocycles. The maximum Gasteiger partial charge on any atom is 0.254 e. The molecule has 13 heteroatoms. The number of amides is 2. The van der Waals surface area contributed by atoms with Gasteiger partial charge in [-0.25, -0.2) is 0 Å². The van der Waals surface area contributed by atoms with Crippen LogP contribution in [0.2, 0.25) is 0 Å². The lowest BCUT2D eigenvalue weighted by Crippen LogP contribution is -2.26. The fraction of sp³-hybridized carbons (Fsp3) is 0.308. The van der Waals surface area contributed by atoms with Gasteiger partial charge in [-0.1, -0.05) is 60.7 Å². The molecule has 4 aliphatic heterocycles. The molecule has 2 N–H and O–H groups in total. The molecule has 0 bridgehead atoms. The molecule has 0 unspecified atom stereocenters. The summed E-state index contributed by atoms with van der Waals surface area (Å²) < 4.78 is 15.4. The van der Waals surface area contributed by atoms with E-state index in [1.165, 1.54) is 5.56 Å². The molecule has 2 saturated heterocycles. The normalized spacial score (nSPS) is 17.6. The highest BCUT2D eigenvalue weighted by Gasteiger charge is 2.34. The van der Waals surface area contributed by atoms with Crippen molar-refractivity contribution in [2.45, 2.75) is 50.9 Å². The molecule has 0 radical (unpaired) electrons. The quantitative estimate of drug-likeness (QED) is 0.176. The van der Waals surface area contributed by atoms with E-state index in [9.17, 15) is 14.7 Å². The molecule has 12 rings (SSSR count). The second-order valence-corrected chi connectivity index (χ2v) is 19.3. The minimum atomic E-state index is -0.319. The molecular formula is C52H50Br2N6O5. The molecule has 2 amide bonds. The molecule has 332 valence electrons. The van der Waals surface area contributed by atoms with Gasteiger partial charge in [0.15, 0.2) is 0 Å². The average molecular weight is 999 g/mol. The van der Waals surface area contributed by atoms with E-state index in [0.29, 0.717) is 24.9 Å². The molecule has 0 aliphatic carbocycles. The van der Waals surface area contributed by atoms with Crippen molar-refractivity contribution in [3.63, 3.8) is 0 Å². The Bertz CT molecular complexity index is 3050. The van der Waals surface area contributed by atoms with Crippen LogP contribution in [0, 0.1) is 11.8 Å². The first kappa shape index (κ1) is 43.5. The zero-order chi connectivity index (χ0) is 44.8. The largest absolute Gasteiger partial charge is 0.388 e. The van der Waals surface area contributed by atoms with Crippen LogP contribution in [0.1, 0.15) is 80.8 Å². The number of benzene rings is 4. The van der Waals surface area contributed by atoms with Gasteiger partial charge >= 0.3 is 0 Å². The number of halogens is 2. The Labute approximate surface area is 394 Å². The number of carbonyl (C=O) groups excluding carboxylic acids is 2. The topological polar surface area (TPSA) is 126 Å². The summed E-state index contributed by atoms with van der Waals surface area (Å²) in [6.45, 7) is 4.43. The number of fused-ring (bicyclic) bond motifs is 10. The van der Waals surface area contributed by atoms with Crippen LogP contribution in [-0.2, 0) is 22.6 Å². The van der Waals surface area contributed by atoms with Crippen LogP contribution in [0.15, 0.2) is 118 Å². The number of hydrogen-bond acceptors (Lipinski definition) is 7. The van der Waals surface area contributed by atoms with Crippen molar-refractivity contribution in [3.05, 3.63) is 152 Å². The first-order chi connectivity index (χ1) is 31.7. The van der Waals surface area contributed by atoms with E-state index in [0.717, 1.165) is 133 Å². The van der Waals surface area contributed by atoms with Gasteiger partial charge in [0.25, 0.3) is 11.8 Å². The number of nitrogens with zero attached hydrogens (tertiary/aromatic N) is 5. The molecular weight excluding hydrogens is 948 g/mol. The highest BCUT2D eigenvalue weighted by molar-refractivity contribution is 9.10. The van der Waals surface area contributed by atoms with E-state index in [1.807, 2.05) is 74.9 Å². The molecule has 0 spiro atoms. The van der Waals surface area contributed by atoms with Gasteiger partial charge in [-0.05, 0) is 128 Å². The zero-order valence-corrected chi connectivity index (χ0v) is 39.5. The molecule has 4 aliphatic rings. The van der Waals surface area contributed by atoms with E-state index in [1.54, 1.807) is 16.0 Å². The minimum absolute atomic E-state index is 0.0864. The third-order valence-electron chi connectivity index (χ3n) is 13.5. The molecule has 8 aromatic rings. The first-order valence-corrected chi connectivity index (χ1v) is 23.9. The predicted molar refractivity (Wildman–Crippen MR) is 261 cm³/mol. The number of ether oxygens (including phenoxy) is 2. The molecule has 4 aromatic heterocycles. The summed E-state index contributed by atoms with van der Waals surface area (Å²) in [5.41, 5.74) is 12.2. The summed E-state index contributed by atoms with van der Waals surface area (Å²) in [7, 11) is 3.69. The second-order valence-electron chi connectivity index (χ2n) is 17.5. The van der Waals surface area contributed by atoms with Gasteiger partial charge in [0, 0.05) is 102 Å². The van der Waals surface area contributed by atoms with Gasteiger partial charge in [-0.15, -0.1) is 0 Å². The summed E-state index contributed by atoms with van der Waals surface area (Å²) in [5, 5.41) is 12.3. The highest BCUT2D eigenvalue weighted by Crippen LogP contribution is 2.43. The number of hydrogen-bond donors (Lipinski definition) is 2. The van der Waals surface area contributed by atoms with E-state index >= 15 is 0 Å². The number of pyridine rings is 2. The lowest BCUT2D eigenvalue weighted by Gasteiger charge is -2.33. The van der Waals surface area contributed by atoms with Crippen molar-refractivity contribution in [1.82, 2.24) is 29.3 Å². The molecule has 2 fully saturated rings. The van der Waals surface area contributed by atoms with E-state index in [-0.39, 0.29) is 24.0 Å². The molecule has 11 nitrogen and oxygen atoms in total. The van der Waals surface area contributed by atoms with Crippen LogP contribution in [0.25, 0.3) is 43.9 Å². The summed E-state index contributed by atoms with van der Waals surface area (Å²) in [6.07, 6.45) is 7.31. The number of nitrogens with one attached hydrogen (secondary N) is 1. The van der Waals surface area contributed by atoms with E-state index in [4.69, 9.17) is 14.5 Å². The predicted octanol–water partition coefficient (Wildman–Crippen LogP) is 10.8. The number of carbonyl (C=O) groups is 2. The monoisotopic (exact) mass is 996 g/mol. The Morgan fingerprint density at radius 1 is 0.631 bits per heavy atom. The van der Waals surface area contributed by atoms with Gasteiger partial charge in [0.2, 0.25) is 0 Å². The lowest BCUT2D eigenvalue weighted by molar-refractivity contribution is 0.00719. The van der Waals surface area contributed by atoms with Crippen LogP contribution in [0.5, 0.6) is 0 Å². The van der Waals surface area contributed by atoms with Crippen molar-refractivity contribution >= 4 is 87.5 Å². The van der Waals surface area contributed by atoms with Crippen LogP contribution in [-0.4, -0.2) is 86.8 Å². The molecule has 2 atom stereocenters. The average Bonchev–Trinajstić information content (AvgIpc) is 4.05. The first-order valence-electron chi connectivity index (χ1n) is 22.3. The minimum Gasteiger partial charge on any atom is -0.388 e. The number of aliphatic hydroxyl groups is 1. The number of H-pyrrole nitrogens is 1. The van der Waals surface area contributed by atoms with Crippen LogP contribution in [0.4, 0.5) is 0 Å². The Morgan fingerprint density at radius 2 is 1.17 bits per heavy atom. The van der Waals surface area contributed by atoms with Crippen molar-refractivity contribution in [1.29, 1.82) is 0 Å². The second kappa shape index (κ2) is 18.4. The van der Waals surface area contributed by atoms with Gasteiger partial charge in [-0.2, -0.15) is 0 Å². The van der Waals surface area contributed by atoms with Crippen LogP contribution in [0.3, 0.4) is 0 Å². The van der Waals surface area contributed by atoms with Gasteiger partial charge in [-0.3, -0.25) is 19.6 Å². The molecule has 4 aromatic carbocycles. The third kappa shape index (κ3) is 8.26. The standard InChI is InChI=1S/C26H24BrN3O2.C14H10BrN3O.C12H16O2/c1-29-15-20-19(26(29)31)7-8-21-23(20)24-22(13-18(27)14-28-24)30(21)25(16-5-3-2-4-6-16)17-9-11-32-12-10-17;1-18-6-9-8(14(18)19)2-3-10-12(9)13-11(17-10)4-7(15)5-16-13;13-12(10-4-2-1-3-5-10)11-6-8-14-9-7-11/h2-8,13-14,17,25H,9-12,15H2,1H3;2-5,17H,6H2,1H3;1-5,11-13H,6-9H2/t25-;;12-/m1.0/s1. The Morgan fingerprint density at radius 3 is 1.80 bits per heavy atom. The fourth-order valence-electron chi connectivity index (χ4n) is 10.3. The van der Waals surface area contributed by atoms with Crippen molar-refractivity contribution in [3.8, 4) is 0 Å². The smallest absolute Gasteiger partial charge is 0.254 e. The maximum absolute atomic E-state index is 12.7. The van der Waals surface area contributed by atoms with Crippen LogP contribution >= 0.6 is 31.9 Å². The van der Waals surface area contributed by atoms with Crippen LogP contribution < -0.4 is 0 Å². The highest BCUT2D eigenvalue weighted by atomic mass is 79.9. The zero-order valence-electron chi connectivity index (χ0n) is 36.3. The van der Waals surface area contributed by atoms with E-state index < -0.39 is 0 Å². The summed E-state index contributed by atoms with van der Waals surface area (Å²) in [4.78, 5) is 41.0. The van der Waals surface area contributed by atoms with Crippen molar-refractivity contribution in [2.24, 2.45) is 11.8 Å². The van der Waals surface area contributed by atoms with Gasteiger partial charge < -0.3 is 33.9 Å². The van der Waals surface area contributed by atoms with Gasteiger partial charge in [0.05, 0.1) is 39.7 Å². The lowest BCUT2D eigenvalue weighted by atomic mass is 9.86. The Kier molecular flexibility index (Phi) is 12.3. The molecule has 8 heterocycles. The SMILES string of the molecule is CN1Cc2c(ccc3[nH]c4cc(Br)cnc4c23)C1=O.CN1Cc2c(ccc3c2c2ncc(Br)cc2n3[C@H](c2ccccc2)C2CCOCC2)C1=O.O[C@@H](c1ccccc1)C1CCOCC1. The maximum atomic E-state index is 12.7. The number of aromatic amines is 1. The van der Waals surface area contributed by atoms with Crippen molar-refractivity contribution in [2.75, 3.05) is 40.5 Å². The third-order valence-corrected chi connectivity index (χ3v) is 14.4. The van der Waals surface area contributed by atoms with E-state index in [2.05, 4.69) is 88.9 Å². The summed E-state index contributed by atoms with van der Waals surface area (Å²) in [6, 6.07) is 33.0. The fourth-order valence-corrected chi connectivity index (χ4v) is 10.9. The number of aromatic nitrogens is 4. The molecule has 65 heavy (non-hydrogen) atoms. The number of aliphatic hydroxyl groups excluding tert-OH is 1. The van der Waals surface area contributed by atoms with Gasteiger partial charge in [0.1, 0.15) is 0 Å². The summed E-state index contributed by atoms with van der Waals surface area (Å²) >= 11 is 7.07. The van der Waals surface area contributed by atoms with Crippen molar-refractivity contribution < 1.29 is 24.2 Å². The Hall–Kier alpha value is -5.44. The number of rotatable bonds is 5. The Balaban J connectivity index is 0.000000127.